The molecule has 0 aliphatic heterocycles. The summed E-state index contributed by atoms with van der Waals surface area (Å²) >= 11 is 0. The predicted octanol–water partition coefficient (Wildman–Crippen LogP) is 5.25. The van der Waals surface area contributed by atoms with E-state index in [0.717, 1.165) is 25.7 Å². The lowest BCUT2D eigenvalue weighted by atomic mass is 9.87. The first-order valence-corrected chi connectivity index (χ1v) is 11.3. The van der Waals surface area contributed by atoms with Crippen LogP contribution in [0, 0.1) is 5.41 Å². The van der Waals surface area contributed by atoms with Gasteiger partial charge in [-0.2, -0.15) is 0 Å². The molecule has 0 radical (unpaired) electrons. The molecule has 2 aliphatic rings. The van der Waals surface area contributed by atoms with Crippen molar-refractivity contribution in [2.75, 3.05) is 0 Å². The van der Waals surface area contributed by atoms with Gasteiger partial charge in [0.05, 0.1) is 5.60 Å². The van der Waals surface area contributed by atoms with Crippen molar-refractivity contribution in [2.24, 2.45) is 5.41 Å². The molecular weight excluding hydrogens is 276 g/mol. The molecule has 0 aromatic rings. The summed E-state index contributed by atoms with van der Waals surface area (Å²) in [4.78, 5) is 12.0. The maximum atomic E-state index is 12.0. The molecule has 0 bridgehead atoms. The first kappa shape index (κ1) is 16.9. The summed E-state index contributed by atoms with van der Waals surface area (Å²) < 4.78 is 7.02. The van der Waals surface area contributed by atoms with Gasteiger partial charge in [0.25, 0.3) is 0 Å². The highest BCUT2D eigenvalue weighted by Gasteiger charge is 2.51. The van der Waals surface area contributed by atoms with E-state index in [1.807, 2.05) is 6.08 Å². The molecule has 0 heterocycles. The highest BCUT2D eigenvalue weighted by Crippen LogP contribution is 2.54. The SMILES string of the molecule is CC[Si](CC)(CC)OC12CCCC(=O)C=C1CC(C)(C)C2. The van der Waals surface area contributed by atoms with Crippen LogP contribution >= 0.6 is 0 Å². The normalized spacial score (nSPS) is 29.0. The lowest BCUT2D eigenvalue weighted by molar-refractivity contribution is -0.114. The van der Waals surface area contributed by atoms with Gasteiger partial charge in [-0.15, -0.1) is 0 Å². The van der Waals surface area contributed by atoms with Gasteiger partial charge in [-0.3, -0.25) is 4.79 Å². The number of hydrogen-bond donors (Lipinski definition) is 0. The van der Waals surface area contributed by atoms with E-state index in [9.17, 15) is 4.79 Å². The molecule has 1 fully saturated rings. The number of fused-ring (bicyclic) bond motifs is 1. The fraction of sp³-hybridized carbons (Fsp3) is 0.833. The molecule has 0 saturated heterocycles. The monoisotopic (exact) mass is 308 g/mol. The molecule has 21 heavy (non-hydrogen) atoms. The third kappa shape index (κ3) is 3.34. The molecule has 3 heteroatoms. The van der Waals surface area contributed by atoms with Crippen LogP contribution in [0.2, 0.25) is 18.1 Å². The maximum Gasteiger partial charge on any atom is 0.193 e. The van der Waals surface area contributed by atoms with Crippen molar-refractivity contribution in [1.29, 1.82) is 0 Å². The van der Waals surface area contributed by atoms with E-state index >= 15 is 0 Å². The average Bonchev–Trinajstić information content (AvgIpc) is 2.57. The highest BCUT2D eigenvalue weighted by atomic mass is 28.4. The number of ketones is 1. The van der Waals surface area contributed by atoms with Crippen molar-refractivity contribution in [3.05, 3.63) is 11.6 Å². The van der Waals surface area contributed by atoms with Gasteiger partial charge in [-0.1, -0.05) is 34.6 Å². The van der Waals surface area contributed by atoms with Gasteiger partial charge >= 0.3 is 0 Å². The fourth-order valence-corrected chi connectivity index (χ4v) is 7.47. The van der Waals surface area contributed by atoms with E-state index in [1.165, 1.54) is 23.7 Å². The maximum absolute atomic E-state index is 12.0. The van der Waals surface area contributed by atoms with Gasteiger partial charge in [-0.25, -0.2) is 0 Å². The molecule has 0 spiro atoms. The Kier molecular flexibility index (Phi) is 4.84. The summed E-state index contributed by atoms with van der Waals surface area (Å²) in [6.45, 7) is 11.5. The number of rotatable bonds is 5. The molecule has 0 N–H and O–H groups in total. The van der Waals surface area contributed by atoms with Crippen molar-refractivity contribution in [3.8, 4) is 0 Å². The minimum Gasteiger partial charge on any atom is -0.408 e. The third-order valence-electron chi connectivity index (χ3n) is 5.70. The van der Waals surface area contributed by atoms with Crippen molar-refractivity contribution < 1.29 is 9.22 Å². The third-order valence-corrected chi connectivity index (χ3v) is 10.4. The molecule has 1 unspecified atom stereocenters. The Hall–Kier alpha value is -0.413. The second-order valence-corrected chi connectivity index (χ2v) is 12.5. The summed E-state index contributed by atoms with van der Waals surface area (Å²) in [7, 11) is -1.66. The zero-order valence-corrected chi connectivity index (χ0v) is 15.6. The molecule has 0 aromatic heterocycles. The Bertz CT molecular complexity index is 426. The van der Waals surface area contributed by atoms with E-state index in [1.54, 1.807) is 0 Å². The van der Waals surface area contributed by atoms with Crippen LogP contribution in [0.15, 0.2) is 11.6 Å². The zero-order chi connectivity index (χ0) is 15.7. The topological polar surface area (TPSA) is 26.3 Å². The molecular formula is C18H32O2Si. The van der Waals surface area contributed by atoms with Crippen LogP contribution in [-0.4, -0.2) is 19.7 Å². The molecule has 1 atom stereocenters. The summed E-state index contributed by atoms with van der Waals surface area (Å²) in [5, 5.41) is 0. The Balaban J connectivity index is 2.39. The van der Waals surface area contributed by atoms with Crippen molar-refractivity contribution >= 4 is 14.1 Å². The van der Waals surface area contributed by atoms with Crippen molar-refractivity contribution in [1.82, 2.24) is 0 Å². The fourth-order valence-electron chi connectivity index (χ4n) is 4.41. The largest absolute Gasteiger partial charge is 0.408 e. The molecule has 120 valence electrons. The van der Waals surface area contributed by atoms with Crippen molar-refractivity contribution in [2.45, 2.75) is 90.5 Å². The van der Waals surface area contributed by atoms with Gasteiger partial charge in [0.2, 0.25) is 0 Å². The van der Waals surface area contributed by atoms with Gasteiger partial charge in [0, 0.05) is 6.42 Å². The summed E-state index contributed by atoms with van der Waals surface area (Å²) in [6.07, 6.45) is 6.80. The molecule has 0 aromatic carbocycles. The number of carbonyl (C=O) groups is 1. The quantitative estimate of drug-likeness (QED) is 0.649. The van der Waals surface area contributed by atoms with E-state index in [0.29, 0.717) is 12.2 Å². The van der Waals surface area contributed by atoms with E-state index in [-0.39, 0.29) is 11.0 Å². The lowest BCUT2D eigenvalue weighted by Gasteiger charge is -2.42. The average molecular weight is 309 g/mol. The van der Waals surface area contributed by atoms with Crippen molar-refractivity contribution in [3.63, 3.8) is 0 Å². The van der Waals surface area contributed by atoms with Crippen LogP contribution in [0.1, 0.15) is 66.7 Å². The lowest BCUT2D eigenvalue weighted by Crippen LogP contribution is -2.47. The second-order valence-electron chi connectivity index (χ2n) is 7.85. The van der Waals surface area contributed by atoms with E-state index < -0.39 is 8.32 Å². The van der Waals surface area contributed by atoms with Crippen LogP contribution in [0.4, 0.5) is 0 Å². The smallest absolute Gasteiger partial charge is 0.193 e. The van der Waals surface area contributed by atoms with E-state index in [4.69, 9.17) is 4.43 Å². The van der Waals surface area contributed by atoms with Gasteiger partial charge in [0.1, 0.15) is 0 Å². The number of allylic oxidation sites excluding steroid dienone is 1. The standard InChI is InChI=1S/C18H32O2Si/c1-6-21(7-2,8-3)20-18-11-9-10-16(19)12-15(18)13-17(4,5)14-18/h12H,6-11,13-14H2,1-5H3. The second kappa shape index (κ2) is 6.00. The minimum atomic E-state index is -1.66. The van der Waals surface area contributed by atoms with E-state index in [2.05, 4.69) is 34.6 Å². The van der Waals surface area contributed by atoms with Crippen LogP contribution in [0.25, 0.3) is 0 Å². The highest BCUT2D eigenvalue weighted by molar-refractivity contribution is 6.73. The minimum absolute atomic E-state index is 0.121. The Labute approximate surface area is 131 Å². The van der Waals surface area contributed by atoms with Crippen LogP contribution in [0.3, 0.4) is 0 Å². The first-order chi connectivity index (χ1) is 9.80. The van der Waals surface area contributed by atoms with Crippen LogP contribution < -0.4 is 0 Å². The van der Waals surface area contributed by atoms with Gasteiger partial charge in [0.15, 0.2) is 14.1 Å². The Morgan fingerprint density at radius 2 is 1.81 bits per heavy atom. The summed E-state index contributed by atoms with van der Waals surface area (Å²) in [5.74, 6) is 0.310. The summed E-state index contributed by atoms with van der Waals surface area (Å²) in [6, 6.07) is 3.55. The van der Waals surface area contributed by atoms with Crippen LogP contribution in [0.5, 0.6) is 0 Å². The molecule has 0 amide bonds. The molecule has 1 saturated carbocycles. The first-order valence-electron chi connectivity index (χ1n) is 8.74. The number of carbonyl (C=O) groups excluding carboxylic acids is 1. The summed E-state index contributed by atoms with van der Waals surface area (Å²) in [5.41, 5.74) is 1.45. The predicted molar refractivity (Wildman–Crippen MR) is 91.0 cm³/mol. The Morgan fingerprint density at radius 1 is 1.19 bits per heavy atom. The number of hydrogen-bond acceptors (Lipinski definition) is 2. The zero-order valence-electron chi connectivity index (χ0n) is 14.6. The molecule has 2 rings (SSSR count). The van der Waals surface area contributed by atoms with Crippen LogP contribution in [-0.2, 0) is 9.22 Å². The Morgan fingerprint density at radius 3 is 2.38 bits per heavy atom. The molecule has 2 nitrogen and oxygen atoms in total. The van der Waals surface area contributed by atoms with Gasteiger partial charge < -0.3 is 4.43 Å². The molecule has 2 aliphatic carbocycles. The van der Waals surface area contributed by atoms with Gasteiger partial charge in [-0.05, 0) is 60.9 Å².